The van der Waals surface area contributed by atoms with Crippen LogP contribution in [-0.2, 0) is 46.1 Å². The van der Waals surface area contributed by atoms with E-state index in [-0.39, 0.29) is 24.7 Å². The zero-order valence-electron chi connectivity index (χ0n) is 22.0. The van der Waals surface area contributed by atoms with Crippen LogP contribution < -0.4 is 5.06 Å². The number of alkyl halides is 6. The third-order valence-electron chi connectivity index (χ3n) is 7.02. The number of carbonyl (C=O) groups excluding carboxylic acids is 2. The van der Waals surface area contributed by atoms with Gasteiger partial charge in [0.1, 0.15) is 0 Å². The fourth-order valence-corrected chi connectivity index (χ4v) is 5.26. The molecule has 1 aliphatic heterocycles. The van der Waals surface area contributed by atoms with Crippen LogP contribution in [0.2, 0.25) is 0 Å². The summed E-state index contributed by atoms with van der Waals surface area (Å²) in [7, 11) is 1.08. The van der Waals surface area contributed by atoms with Crippen LogP contribution in [0.25, 0.3) is 0 Å². The van der Waals surface area contributed by atoms with Crippen molar-refractivity contribution in [1.29, 1.82) is 0 Å². The molecule has 0 spiro atoms. The Morgan fingerprint density at radius 2 is 1.57 bits per heavy atom. The van der Waals surface area contributed by atoms with E-state index in [1.165, 1.54) is 5.06 Å². The highest BCUT2D eigenvalue weighted by molar-refractivity contribution is 5.71. The third kappa shape index (κ3) is 6.07. The lowest BCUT2D eigenvalue weighted by atomic mass is 9.89. The van der Waals surface area contributed by atoms with Crippen molar-refractivity contribution in [2.45, 2.75) is 70.5 Å². The average molecular weight is 575 g/mol. The Kier molecular flexibility index (Phi) is 8.13. The smallest absolute Gasteiger partial charge is 0.453 e. The van der Waals surface area contributed by atoms with Gasteiger partial charge in [-0.3, -0.25) is 4.90 Å². The number of halogens is 6. The molecular formula is C27H28F6N2O5. The van der Waals surface area contributed by atoms with Gasteiger partial charge in [-0.25, -0.2) is 14.7 Å². The molecule has 7 nitrogen and oxygen atoms in total. The summed E-state index contributed by atoms with van der Waals surface area (Å²) in [6, 6.07) is 3.56. The fraction of sp³-hybridized carbons (Fsp3) is 0.481. The van der Waals surface area contributed by atoms with Crippen LogP contribution in [0.4, 0.5) is 41.6 Å². The molecule has 4 rings (SSSR count). The molecule has 1 amide bonds. The molecule has 40 heavy (non-hydrogen) atoms. The maximum atomic E-state index is 13.5. The highest BCUT2D eigenvalue weighted by Crippen LogP contribution is 2.45. The summed E-state index contributed by atoms with van der Waals surface area (Å²) in [5, 5.41) is 1.36. The van der Waals surface area contributed by atoms with Gasteiger partial charge < -0.3 is 14.3 Å². The second-order valence-corrected chi connectivity index (χ2v) is 9.75. The van der Waals surface area contributed by atoms with Crippen molar-refractivity contribution in [1.82, 2.24) is 4.90 Å². The summed E-state index contributed by atoms with van der Waals surface area (Å²) in [5.41, 5.74) is -0.340. The number of amides is 1. The summed E-state index contributed by atoms with van der Waals surface area (Å²) in [6.07, 6.45) is -9.41. The van der Waals surface area contributed by atoms with E-state index in [1.807, 2.05) is 12.1 Å². The van der Waals surface area contributed by atoms with Crippen LogP contribution in [0.5, 0.6) is 0 Å². The summed E-state index contributed by atoms with van der Waals surface area (Å²) in [4.78, 5) is 31.8. The van der Waals surface area contributed by atoms with Gasteiger partial charge in [0.15, 0.2) is 0 Å². The molecule has 2 aromatic carbocycles. The Bertz CT molecular complexity index is 1250. The topological polar surface area (TPSA) is 68.3 Å². The van der Waals surface area contributed by atoms with E-state index in [9.17, 15) is 35.9 Å². The number of fused-ring (bicyclic) bond motifs is 2. The quantitative estimate of drug-likeness (QED) is 0.278. The minimum atomic E-state index is -5.04. The molecule has 0 radical (unpaired) electrons. The van der Waals surface area contributed by atoms with Crippen LogP contribution in [0.1, 0.15) is 66.1 Å². The van der Waals surface area contributed by atoms with Gasteiger partial charge in [0.2, 0.25) is 0 Å². The molecule has 0 N–H and O–H groups in total. The Morgan fingerprint density at radius 1 is 0.975 bits per heavy atom. The predicted molar refractivity (Wildman–Crippen MR) is 130 cm³/mol. The number of benzene rings is 2. The van der Waals surface area contributed by atoms with E-state index in [2.05, 4.69) is 0 Å². The van der Waals surface area contributed by atoms with Gasteiger partial charge >= 0.3 is 24.6 Å². The first-order chi connectivity index (χ1) is 18.7. The van der Waals surface area contributed by atoms with Gasteiger partial charge in [0.25, 0.3) is 0 Å². The van der Waals surface area contributed by atoms with Gasteiger partial charge in [-0.05, 0) is 80.5 Å². The van der Waals surface area contributed by atoms with Crippen molar-refractivity contribution in [2.75, 3.05) is 18.8 Å². The number of anilines is 1. The zero-order chi connectivity index (χ0) is 29.4. The highest BCUT2D eigenvalue weighted by atomic mass is 19.4. The first kappa shape index (κ1) is 29.3. The summed E-state index contributed by atoms with van der Waals surface area (Å²) in [6.45, 7) is 2.81. The molecule has 0 saturated heterocycles. The van der Waals surface area contributed by atoms with Crippen LogP contribution in [0.15, 0.2) is 30.3 Å². The molecule has 1 aliphatic carbocycles. The molecule has 0 fully saturated rings. The van der Waals surface area contributed by atoms with Gasteiger partial charge in [-0.15, -0.1) is 0 Å². The second-order valence-electron chi connectivity index (χ2n) is 9.75. The second kappa shape index (κ2) is 11.1. The first-order valence-electron chi connectivity index (χ1n) is 12.7. The van der Waals surface area contributed by atoms with Crippen molar-refractivity contribution in [3.63, 3.8) is 0 Å². The number of methoxy groups -OCH3 is 1. The van der Waals surface area contributed by atoms with Gasteiger partial charge in [0.05, 0.1) is 42.6 Å². The molecule has 0 bridgehead atoms. The maximum absolute atomic E-state index is 13.5. The minimum Gasteiger partial charge on any atom is -0.453 e. The summed E-state index contributed by atoms with van der Waals surface area (Å²) >= 11 is 0. The normalized spacial score (nSPS) is 18.6. The number of hydroxylamine groups is 1. The van der Waals surface area contributed by atoms with Gasteiger partial charge in [0, 0.05) is 12.1 Å². The maximum Gasteiger partial charge on any atom is 0.533 e. The summed E-state index contributed by atoms with van der Waals surface area (Å²) < 4.78 is 90.8. The van der Waals surface area contributed by atoms with Crippen LogP contribution in [0, 0.1) is 0 Å². The van der Waals surface area contributed by atoms with E-state index < -0.39 is 54.4 Å². The van der Waals surface area contributed by atoms with Crippen LogP contribution in [0.3, 0.4) is 0 Å². The van der Waals surface area contributed by atoms with Crippen molar-refractivity contribution in [3.8, 4) is 0 Å². The number of aryl methyl sites for hydroxylation is 2. The molecule has 1 heterocycles. The molecule has 0 saturated carbocycles. The van der Waals surface area contributed by atoms with Crippen molar-refractivity contribution >= 4 is 17.9 Å². The fourth-order valence-electron chi connectivity index (χ4n) is 5.26. The third-order valence-corrected chi connectivity index (χ3v) is 7.02. The molecule has 13 heteroatoms. The van der Waals surface area contributed by atoms with Gasteiger partial charge in [-0.2, -0.15) is 26.3 Å². The number of carbonyl (C=O) groups is 2. The summed E-state index contributed by atoms with van der Waals surface area (Å²) in [5.74, 6) is 0. The molecule has 2 aromatic rings. The zero-order valence-corrected chi connectivity index (χ0v) is 22.0. The number of rotatable bonds is 5. The van der Waals surface area contributed by atoms with E-state index in [0.29, 0.717) is 23.4 Å². The SMILES string of the molecule is CCOC(=O)ON1c2cc3c(cc2[C@@H](N(Cc2cc(C(F)(F)F)cc(C(F)(F)F)c2)C(=O)OC)C[C@H]1C)CCC3. The Hall–Kier alpha value is -3.64. The molecule has 2 aliphatic rings. The Morgan fingerprint density at radius 3 is 2.12 bits per heavy atom. The number of nitrogens with zero attached hydrogens (tertiary/aromatic N) is 2. The largest absolute Gasteiger partial charge is 0.533 e. The van der Waals surface area contributed by atoms with Crippen LogP contribution in [-0.4, -0.2) is 36.9 Å². The Labute approximate surface area is 226 Å². The van der Waals surface area contributed by atoms with Crippen molar-refractivity contribution in [3.05, 3.63) is 63.7 Å². The molecule has 0 unspecified atom stereocenters. The van der Waals surface area contributed by atoms with Crippen molar-refractivity contribution < 1.29 is 50.2 Å². The first-order valence-corrected chi connectivity index (χ1v) is 12.7. The van der Waals surface area contributed by atoms with Gasteiger partial charge in [-0.1, -0.05) is 6.07 Å². The number of hydrogen-bond acceptors (Lipinski definition) is 6. The molecule has 218 valence electrons. The number of hydrogen-bond donors (Lipinski definition) is 0. The predicted octanol–water partition coefficient (Wildman–Crippen LogP) is 7.21. The molecular weight excluding hydrogens is 546 g/mol. The lowest BCUT2D eigenvalue weighted by Crippen LogP contribution is -2.46. The van der Waals surface area contributed by atoms with E-state index in [4.69, 9.17) is 14.3 Å². The Balaban J connectivity index is 1.80. The highest BCUT2D eigenvalue weighted by Gasteiger charge is 2.41. The molecule has 2 atom stereocenters. The van der Waals surface area contributed by atoms with E-state index >= 15 is 0 Å². The van der Waals surface area contributed by atoms with Crippen molar-refractivity contribution in [2.24, 2.45) is 0 Å². The molecule has 0 aromatic heterocycles. The van der Waals surface area contributed by atoms with Crippen LogP contribution >= 0.6 is 0 Å². The monoisotopic (exact) mass is 574 g/mol. The van der Waals surface area contributed by atoms with E-state index in [0.717, 1.165) is 42.4 Å². The lowest BCUT2D eigenvalue weighted by Gasteiger charge is -2.42. The standard InChI is InChI=1S/C27H28F6N2O5/c1-4-39-25(37)40-35-15(2)8-22(21-11-17-6-5-7-18(17)12-23(21)35)34(24(36)38-3)14-16-9-19(26(28,29)30)13-20(10-16)27(31,32)33/h9-13,15,22H,4-8,14H2,1-3H3/t15-,22+/m1/s1. The minimum absolute atomic E-state index is 0.0396. The lowest BCUT2D eigenvalue weighted by molar-refractivity contribution is -0.143. The average Bonchev–Trinajstić information content (AvgIpc) is 3.34. The number of ether oxygens (including phenoxy) is 2. The van der Waals surface area contributed by atoms with E-state index in [1.54, 1.807) is 13.8 Å².